The minimum atomic E-state index is -1.61. The Balaban J connectivity index is 1.97. The third-order valence-electron chi connectivity index (χ3n) is 2.56. The topological polar surface area (TPSA) is 113 Å². The van der Waals surface area contributed by atoms with Crippen molar-refractivity contribution >= 4 is 22.8 Å². The molecule has 0 radical (unpaired) electrons. The van der Waals surface area contributed by atoms with Crippen LogP contribution in [0.1, 0.15) is 5.69 Å². The van der Waals surface area contributed by atoms with Gasteiger partial charge >= 0.3 is 5.97 Å². The van der Waals surface area contributed by atoms with E-state index in [1.54, 1.807) is 24.3 Å². The molecule has 0 aliphatic rings. The lowest BCUT2D eigenvalue weighted by Crippen LogP contribution is -2.37. The maximum absolute atomic E-state index is 11.6. The molecular formula is C12H12N2O5. The van der Waals surface area contributed by atoms with Crippen LogP contribution in [-0.4, -0.2) is 39.9 Å². The van der Waals surface area contributed by atoms with E-state index in [1.807, 2.05) is 0 Å². The third kappa shape index (κ3) is 3.08. The van der Waals surface area contributed by atoms with Crippen LogP contribution in [-0.2, 0) is 16.0 Å². The molecule has 1 aromatic carbocycles. The van der Waals surface area contributed by atoms with Gasteiger partial charge in [0.05, 0.1) is 13.0 Å². The molecule has 0 aliphatic carbocycles. The minimum absolute atomic E-state index is 0.0383. The Morgan fingerprint density at radius 2 is 2.11 bits per heavy atom. The first-order chi connectivity index (χ1) is 9.08. The average molecular weight is 264 g/mol. The van der Waals surface area contributed by atoms with Crippen LogP contribution in [0, 0.1) is 0 Å². The van der Waals surface area contributed by atoms with E-state index in [-0.39, 0.29) is 13.0 Å². The van der Waals surface area contributed by atoms with Crippen LogP contribution in [0.5, 0.6) is 0 Å². The number of aromatic nitrogens is 1. The van der Waals surface area contributed by atoms with Crippen molar-refractivity contribution in [2.75, 3.05) is 6.54 Å². The van der Waals surface area contributed by atoms with E-state index in [2.05, 4.69) is 10.5 Å². The molecule has 0 aliphatic heterocycles. The normalized spacial score (nSPS) is 12.3. The first-order valence-electron chi connectivity index (χ1n) is 5.59. The molecular weight excluding hydrogens is 252 g/mol. The Hall–Kier alpha value is -2.41. The van der Waals surface area contributed by atoms with Gasteiger partial charge in [-0.05, 0) is 12.1 Å². The average Bonchev–Trinajstić information content (AvgIpc) is 2.79. The van der Waals surface area contributed by atoms with E-state index in [9.17, 15) is 9.59 Å². The maximum Gasteiger partial charge on any atom is 0.334 e. The van der Waals surface area contributed by atoms with Crippen LogP contribution in [0.25, 0.3) is 11.0 Å². The number of hydrogen-bond acceptors (Lipinski definition) is 5. The van der Waals surface area contributed by atoms with Crippen molar-refractivity contribution in [3.05, 3.63) is 30.0 Å². The van der Waals surface area contributed by atoms with Crippen LogP contribution in [0.2, 0.25) is 0 Å². The number of aliphatic hydroxyl groups is 1. The summed E-state index contributed by atoms with van der Waals surface area (Å²) < 4.78 is 5.04. The van der Waals surface area contributed by atoms with Crippen molar-refractivity contribution < 1.29 is 24.3 Å². The van der Waals surface area contributed by atoms with Gasteiger partial charge in [-0.15, -0.1) is 0 Å². The van der Waals surface area contributed by atoms with E-state index in [0.717, 1.165) is 5.39 Å². The highest BCUT2D eigenvalue weighted by molar-refractivity contribution is 5.86. The highest BCUT2D eigenvalue weighted by Gasteiger charge is 2.16. The number of carboxylic acids is 1. The number of amides is 1. The molecule has 0 spiro atoms. The molecule has 1 atom stereocenters. The number of hydrogen-bond donors (Lipinski definition) is 3. The summed E-state index contributed by atoms with van der Waals surface area (Å²) in [6.07, 6.45) is -1.65. The lowest BCUT2D eigenvalue weighted by atomic mass is 10.1. The highest BCUT2D eigenvalue weighted by atomic mass is 16.5. The van der Waals surface area contributed by atoms with Crippen LogP contribution >= 0.6 is 0 Å². The van der Waals surface area contributed by atoms with Gasteiger partial charge in [-0.25, -0.2) is 4.79 Å². The smallest absolute Gasteiger partial charge is 0.334 e. The van der Waals surface area contributed by atoms with Crippen LogP contribution in [0.4, 0.5) is 0 Å². The molecule has 2 rings (SSSR count). The quantitative estimate of drug-likeness (QED) is 0.697. The Bertz CT molecular complexity index is 607. The predicted molar refractivity (Wildman–Crippen MR) is 64.4 cm³/mol. The van der Waals surface area contributed by atoms with E-state index in [1.165, 1.54) is 0 Å². The van der Waals surface area contributed by atoms with Crippen molar-refractivity contribution in [3.63, 3.8) is 0 Å². The fraction of sp³-hybridized carbons (Fsp3) is 0.250. The molecule has 0 bridgehead atoms. The molecule has 1 amide bonds. The van der Waals surface area contributed by atoms with Gasteiger partial charge in [-0.2, -0.15) is 0 Å². The zero-order chi connectivity index (χ0) is 13.8. The summed E-state index contributed by atoms with van der Waals surface area (Å²) in [6, 6.07) is 7.11. The number of carboxylic acid groups (broad SMARTS) is 1. The largest absolute Gasteiger partial charge is 0.479 e. The summed E-state index contributed by atoms with van der Waals surface area (Å²) >= 11 is 0. The number of aliphatic hydroxyl groups excluding tert-OH is 1. The molecule has 1 heterocycles. The Kier molecular flexibility index (Phi) is 3.76. The summed E-state index contributed by atoms with van der Waals surface area (Å²) in [5.74, 6) is -1.81. The lowest BCUT2D eigenvalue weighted by Gasteiger charge is -2.06. The number of nitrogens with zero attached hydrogens (tertiary/aromatic N) is 1. The summed E-state index contributed by atoms with van der Waals surface area (Å²) in [7, 11) is 0. The van der Waals surface area contributed by atoms with Crippen LogP contribution in [0.3, 0.4) is 0 Å². The SMILES string of the molecule is O=C(Cc1noc2ccccc12)NCC(O)C(=O)O. The summed E-state index contributed by atoms with van der Waals surface area (Å²) in [4.78, 5) is 22.0. The van der Waals surface area contributed by atoms with Gasteiger partial charge in [0.2, 0.25) is 5.91 Å². The molecule has 19 heavy (non-hydrogen) atoms. The number of para-hydroxylation sites is 1. The van der Waals surface area contributed by atoms with Gasteiger partial charge in [-0.1, -0.05) is 17.3 Å². The molecule has 100 valence electrons. The van der Waals surface area contributed by atoms with Crippen molar-refractivity contribution in [1.29, 1.82) is 0 Å². The molecule has 7 heteroatoms. The Morgan fingerprint density at radius 3 is 2.84 bits per heavy atom. The van der Waals surface area contributed by atoms with E-state index >= 15 is 0 Å². The number of fused-ring (bicyclic) bond motifs is 1. The summed E-state index contributed by atoms with van der Waals surface area (Å²) in [5, 5.41) is 24.3. The molecule has 3 N–H and O–H groups in total. The van der Waals surface area contributed by atoms with E-state index in [4.69, 9.17) is 14.7 Å². The Labute approximate surface area is 107 Å². The standard InChI is InChI=1S/C12H12N2O5/c15-9(12(17)18)6-13-11(16)5-8-7-3-1-2-4-10(7)19-14-8/h1-4,9,15H,5-6H2,(H,13,16)(H,17,18). The predicted octanol–water partition coefficient (Wildman–Crippen LogP) is -0.0680. The number of aliphatic carboxylic acids is 1. The van der Waals surface area contributed by atoms with E-state index in [0.29, 0.717) is 11.3 Å². The van der Waals surface area contributed by atoms with Crippen LogP contribution in [0.15, 0.2) is 28.8 Å². The lowest BCUT2D eigenvalue weighted by molar-refractivity contribution is -0.146. The van der Waals surface area contributed by atoms with Gasteiger partial charge in [0.25, 0.3) is 0 Å². The minimum Gasteiger partial charge on any atom is -0.479 e. The number of benzene rings is 1. The number of carbonyl (C=O) groups excluding carboxylic acids is 1. The fourth-order valence-corrected chi connectivity index (χ4v) is 1.58. The second kappa shape index (κ2) is 5.49. The van der Waals surface area contributed by atoms with Crippen molar-refractivity contribution in [3.8, 4) is 0 Å². The maximum atomic E-state index is 11.6. The molecule has 0 saturated heterocycles. The van der Waals surface area contributed by atoms with Gasteiger partial charge in [0, 0.05) is 5.39 Å². The molecule has 1 unspecified atom stereocenters. The molecule has 7 nitrogen and oxygen atoms in total. The van der Waals surface area contributed by atoms with Gasteiger partial charge in [0.1, 0.15) is 5.69 Å². The van der Waals surface area contributed by atoms with E-state index < -0.39 is 18.0 Å². The second-order valence-electron chi connectivity index (χ2n) is 3.96. The van der Waals surface area contributed by atoms with Crippen LogP contribution < -0.4 is 5.32 Å². The fourth-order valence-electron chi connectivity index (χ4n) is 1.58. The van der Waals surface area contributed by atoms with Gasteiger partial charge in [-0.3, -0.25) is 4.79 Å². The number of nitrogens with one attached hydrogen (secondary N) is 1. The summed E-state index contributed by atoms with van der Waals surface area (Å²) in [6.45, 7) is -0.343. The third-order valence-corrected chi connectivity index (χ3v) is 2.56. The highest BCUT2D eigenvalue weighted by Crippen LogP contribution is 2.17. The van der Waals surface area contributed by atoms with Gasteiger partial charge < -0.3 is 20.1 Å². The van der Waals surface area contributed by atoms with Crippen molar-refractivity contribution in [1.82, 2.24) is 10.5 Å². The Morgan fingerprint density at radius 1 is 1.37 bits per heavy atom. The number of carbonyl (C=O) groups is 2. The first kappa shape index (κ1) is 13.0. The monoisotopic (exact) mass is 264 g/mol. The summed E-state index contributed by atoms with van der Waals surface area (Å²) in [5.41, 5.74) is 1.05. The van der Waals surface area contributed by atoms with Crippen molar-refractivity contribution in [2.45, 2.75) is 12.5 Å². The molecule has 0 saturated carbocycles. The first-order valence-corrected chi connectivity index (χ1v) is 5.59. The zero-order valence-corrected chi connectivity index (χ0v) is 9.87. The molecule has 2 aromatic rings. The number of rotatable bonds is 5. The zero-order valence-electron chi connectivity index (χ0n) is 9.87. The molecule has 0 fully saturated rings. The second-order valence-corrected chi connectivity index (χ2v) is 3.96. The van der Waals surface area contributed by atoms with Gasteiger partial charge in [0.15, 0.2) is 11.7 Å². The molecule has 1 aromatic heterocycles. The van der Waals surface area contributed by atoms with Crippen molar-refractivity contribution in [2.24, 2.45) is 0 Å².